The third-order valence-corrected chi connectivity index (χ3v) is 2.17. The molecule has 4 heteroatoms. The minimum atomic E-state index is -0.634. The molecule has 0 bridgehead atoms. The van der Waals surface area contributed by atoms with Gasteiger partial charge in [0.05, 0.1) is 0 Å². The van der Waals surface area contributed by atoms with Crippen LogP contribution in [0.2, 0.25) is 0 Å². The lowest BCUT2D eigenvalue weighted by Crippen LogP contribution is -2.12. The smallest absolute Gasteiger partial charge is 0.337 e. The van der Waals surface area contributed by atoms with Gasteiger partial charge in [-0.05, 0) is 47.2 Å². The highest BCUT2D eigenvalue weighted by Crippen LogP contribution is 2.20. The van der Waals surface area contributed by atoms with Crippen LogP contribution in [0, 0.1) is 10.5 Å². The maximum Gasteiger partial charge on any atom is 0.337 e. The van der Waals surface area contributed by atoms with Crippen LogP contribution >= 0.6 is 22.6 Å². The number of aliphatic hydroxyl groups is 1. The highest BCUT2D eigenvalue weighted by molar-refractivity contribution is 14.1. The second-order valence-corrected chi connectivity index (χ2v) is 3.79. The topological polar surface area (TPSA) is 46.5 Å². The van der Waals surface area contributed by atoms with Crippen molar-refractivity contribution in [2.75, 3.05) is 6.61 Å². The summed E-state index contributed by atoms with van der Waals surface area (Å²) in [7, 11) is 0. The number of aliphatic hydroxyl groups excluding tert-OH is 1. The molecule has 0 saturated heterocycles. The van der Waals surface area contributed by atoms with Gasteiger partial charge >= 0.3 is 5.97 Å². The van der Waals surface area contributed by atoms with Crippen LogP contribution in [0.15, 0.2) is 18.2 Å². The first kappa shape index (κ1) is 10.5. The normalized spacial score (nSPS) is 9.77. The fraction of sp³-hybridized carbons (Fsp3) is 0.222. The molecule has 0 aliphatic carbocycles. The van der Waals surface area contributed by atoms with Crippen LogP contribution in [0.5, 0.6) is 5.75 Å². The Labute approximate surface area is 89.9 Å². The molecule has 0 heterocycles. The van der Waals surface area contributed by atoms with Crippen molar-refractivity contribution in [1.29, 1.82) is 0 Å². The number of benzene rings is 1. The zero-order valence-corrected chi connectivity index (χ0v) is 9.24. The summed E-state index contributed by atoms with van der Waals surface area (Å²) >= 11 is 2.13. The molecule has 3 nitrogen and oxygen atoms in total. The molecule has 0 saturated carbocycles. The van der Waals surface area contributed by atoms with Gasteiger partial charge in [-0.25, -0.2) is 4.79 Å². The van der Waals surface area contributed by atoms with Crippen molar-refractivity contribution in [2.24, 2.45) is 0 Å². The number of esters is 1. The molecule has 0 spiro atoms. The Hall–Kier alpha value is -0.620. The Morgan fingerprint density at radius 2 is 2.31 bits per heavy atom. The lowest BCUT2D eigenvalue weighted by Gasteiger charge is -2.05. The molecule has 0 aliphatic heterocycles. The van der Waals surface area contributed by atoms with Crippen LogP contribution in [0.3, 0.4) is 0 Å². The molecule has 0 atom stereocenters. The molecule has 1 rings (SSSR count). The van der Waals surface area contributed by atoms with E-state index in [0.29, 0.717) is 5.75 Å². The molecule has 0 aliphatic rings. The second kappa shape index (κ2) is 4.57. The molecule has 0 amide bonds. The minimum absolute atomic E-state index is 0.506. The summed E-state index contributed by atoms with van der Waals surface area (Å²) in [6.45, 7) is 1.25. The fourth-order valence-electron chi connectivity index (χ4n) is 0.839. The van der Waals surface area contributed by atoms with E-state index in [-0.39, 0.29) is 0 Å². The van der Waals surface area contributed by atoms with Gasteiger partial charge in [0, 0.05) is 3.57 Å². The average Bonchev–Trinajstić information content (AvgIpc) is 2.11. The predicted octanol–water partition coefficient (Wildman–Crippen LogP) is 1.50. The number of aryl methyl sites for hydroxylation is 1. The van der Waals surface area contributed by atoms with Gasteiger partial charge < -0.3 is 9.84 Å². The molecule has 13 heavy (non-hydrogen) atoms. The van der Waals surface area contributed by atoms with Crippen molar-refractivity contribution >= 4 is 28.6 Å². The van der Waals surface area contributed by atoms with Crippen LogP contribution in [0.25, 0.3) is 0 Å². The predicted molar refractivity (Wildman–Crippen MR) is 56.6 cm³/mol. The molecule has 0 aromatic heterocycles. The SMILES string of the molecule is Cc1ccc(I)cc1OC(=O)CO. The van der Waals surface area contributed by atoms with E-state index in [1.165, 1.54) is 0 Å². The minimum Gasteiger partial charge on any atom is -0.425 e. The fourth-order valence-corrected chi connectivity index (χ4v) is 1.30. The number of halogens is 1. The van der Waals surface area contributed by atoms with Gasteiger partial charge in [-0.2, -0.15) is 0 Å². The lowest BCUT2D eigenvalue weighted by molar-refractivity contribution is -0.137. The maximum atomic E-state index is 10.8. The molecule has 1 aromatic carbocycles. The van der Waals surface area contributed by atoms with E-state index in [4.69, 9.17) is 9.84 Å². The Morgan fingerprint density at radius 1 is 1.62 bits per heavy atom. The number of carbonyl (C=O) groups is 1. The summed E-state index contributed by atoms with van der Waals surface area (Å²) in [4.78, 5) is 10.8. The third-order valence-electron chi connectivity index (χ3n) is 1.50. The van der Waals surface area contributed by atoms with E-state index >= 15 is 0 Å². The molecule has 0 unspecified atom stereocenters. The van der Waals surface area contributed by atoms with Crippen LogP contribution in [-0.2, 0) is 4.79 Å². The number of carbonyl (C=O) groups excluding carboxylic acids is 1. The standard InChI is InChI=1S/C9H9IO3/c1-6-2-3-7(10)4-8(6)13-9(12)5-11/h2-4,11H,5H2,1H3. The summed E-state index contributed by atoms with van der Waals surface area (Å²) in [5.41, 5.74) is 0.877. The van der Waals surface area contributed by atoms with E-state index in [1.807, 2.05) is 19.1 Å². The Bertz CT molecular complexity index is 323. The summed E-state index contributed by atoms with van der Waals surface area (Å²) in [6, 6.07) is 5.54. The van der Waals surface area contributed by atoms with Gasteiger partial charge in [0.25, 0.3) is 0 Å². The molecule has 0 radical (unpaired) electrons. The van der Waals surface area contributed by atoms with Crippen LogP contribution in [0.1, 0.15) is 5.56 Å². The van der Waals surface area contributed by atoms with Crippen molar-refractivity contribution in [3.8, 4) is 5.75 Å². The number of ether oxygens (including phenoxy) is 1. The van der Waals surface area contributed by atoms with E-state index in [0.717, 1.165) is 9.13 Å². The summed E-state index contributed by atoms with van der Waals surface area (Å²) < 4.78 is 5.87. The van der Waals surface area contributed by atoms with Gasteiger partial charge in [-0.15, -0.1) is 0 Å². The zero-order valence-electron chi connectivity index (χ0n) is 7.08. The Morgan fingerprint density at radius 3 is 2.92 bits per heavy atom. The van der Waals surface area contributed by atoms with Crippen LogP contribution < -0.4 is 4.74 Å². The van der Waals surface area contributed by atoms with E-state index in [1.54, 1.807) is 6.07 Å². The van der Waals surface area contributed by atoms with Gasteiger partial charge in [-0.1, -0.05) is 6.07 Å². The Balaban J connectivity index is 2.87. The monoisotopic (exact) mass is 292 g/mol. The summed E-state index contributed by atoms with van der Waals surface area (Å²) in [6.07, 6.45) is 0. The highest BCUT2D eigenvalue weighted by Gasteiger charge is 2.05. The Kier molecular flexibility index (Phi) is 3.68. The first-order chi connectivity index (χ1) is 6.13. The maximum absolute atomic E-state index is 10.8. The molecule has 70 valence electrons. The van der Waals surface area contributed by atoms with Gasteiger partial charge in [-0.3, -0.25) is 0 Å². The highest BCUT2D eigenvalue weighted by atomic mass is 127. The van der Waals surface area contributed by atoms with Crippen molar-refractivity contribution in [3.05, 3.63) is 27.3 Å². The first-order valence-electron chi connectivity index (χ1n) is 3.71. The number of rotatable bonds is 2. The van der Waals surface area contributed by atoms with Gasteiger partial charge in [0.1, 0.15) is 12.4 Å². The molecular weight excluding hydrogens is 283 g/mol. The third kappa shape index (κ3) is 2.96. The van der Waals surface area contributed by atoms with E-state index < -0.39 is 12.6 Å². The number of hydrogen-bond acceptors (Lipinski definition) is 3. The van der Waals surface area contributed by atoms with Crippen LogP contribution in [-0.4, -0.2) is 17.7 Å². The zero-order chi connectivity index (χ0) is 9.84. The molecule has 1 aromatic rings. The van der Waals surface area contributed by atoms with Crippen molar-refractivity contribution in [1.82, 2.24) is 0 Å². The lowest BCUT2D eigenvalue weighted by atomic mass is 10.2. The molecule has 1 N–H and O–H groups in total. The molecule has 0 fully saturated rings. The van der Waals surface area contributed by atoms with Gasteiger partial charge in [0.15, 0.2) is 0 Å². The van der Waals surface area contributed by atoms with E-state index in [2.05, 4.69) is 22.6 Å². The van der Waals surface area contributed by atoms with Crippen molar-refractivity contribution in [2.45, 2.75) is 6.92 Å². The molecular formula is C9H9IO3. The average molecular weight is 292 g/mol. The first-order valence-corrected chi connectivity index (χ1v) is 4.79. The quantitative estimate of drug-likeness (QED) is 0.510. The largest absolute Gasteiger partial charge is 0.425 e. The number of hydrogen-bond donors (Lipinski definition) is 1. The van der Waals surface area contributed by atoms with Crippen LogP contribution in [0.4, 0.5) is 0 Å². The van der Waals surface area contributed by atoms with Crippen molar-refractivity contribution in [3.63, 3.8) is 0 Å². The van der Waals surface area contributed by atoms with Gasteiger partial charge in [0.2, 0.25) is 0 Å². The summed E-state index contributed by atoms with van der Waals surface area (Å²) in [5, 5.41) is 8.48. The van der Waals surface area contributed by atoms with Crippen molar-refractivity contribution < 1.29 is 14.6 Å². The summed E-state index contributed by atoms with van der Waals surface area (Å²) in [5.74, 6) is -0.129. The second-order valence-electron chi connectivity index (χ2n) is 2.54. The van der Waals surface area contributed by atoms with E-state index in [9.17, 15) is 4.79 Å².